The number of carbonyl (C=O) groups excluding carboxylic acids is 2. The third-order valence-corrected chi connectivity index (χ3v) is 10.2. The summed E-state index contributed by atoms with van der Waals surface area (Å²) in [5.41, 5.74) is 2.53. The summed E-state index contributed by atoms with van der Waals surface area (Å²) in [7, 11) is 1.71. The number of imidazole rings is 2. The molecule has 3 aliphatic heterocycles. The summed E-state index contributed by atoms with van der Waals surface area (Å²) in [6, 6.07) is 17.5. The van der Waals surface area contributed by atoms with Crippen LogP contribution in [0.1, 0.15) is 67.8 Å². The number of aliphatic hydroxyl groups is 4. The lowest BCUT2D eigenvalue weighted by Gasteiger charge is -2.24. The van der Waals surface area contributed by atoms with Gasteiger partial charge in [0.05, 0.1) is 31.5 Å². The Hall–Kier alpha value is -5.88. The molecule has 0 aliphatic carbocycles. The number of nitrogens with zero attached hydrogens (tertiary/aromatic N) is 8. The molecule has 0 saturated carbocycles. The summed E-state index contributed by atoms with van der Waals surface area (Å²) >= 11 is 0. The smallest absolute Gasteiger partial charge is 0.256 e. The van der Waals surface area contributed by atoms with Crippen LogP contribution in [0.3, 0.4) is 0 Å². The van der Waals surface area contributed by atoms with Gasteiger partial charge in [-0.25, -0.2) is 29.9 Å². The highest BCUT2D eigenvalue weighted by molar-refractivity contribution is 6.07. The average Bonchev–Trinajstić information content (AvgIpc) is 4.10. The van der Waals surface area contributed by atoms with Crippen molar-refractivity contribution < 1.29 is 53.7 Å². The number of rotatable bonds is 8. The largest absolute Gasteiger partial charge is 0.394 e. The Labute approximate surface area is 361 Å². The SMILES string of the molecule is CC1(C)OC2[C@@H](CO)O[C@@H](n3cnc4c(NC(=O)c5ccccc5)ncnc43)[C@H]2O1.COC(C)(C)C.O=C(Nc1ncnc2c1ncn2[C@@H]1O[C@H](CO)C(O)[C@@H]1O)c1ccccc1. The van der Waals surface area contributed by atoms with E-state index in [4.69, 9.17) is 23.7 Å². The topological polar surface area (TPSA) is 272 Å². The number of amides is 2. The molecule has 0 spiro atoms. The van der Waals surface area contributed by atoms with Crippen molar-refractivity contribution in [3.05, 3.63) is 97.1 Å². The van der Waals surface area contributed by atoms with E-state index in [1.807, 2.05) is 46.8 Å². The molecule has 0 bridgehead atoms. The lowest BCUT2D eigenvalue weighted by Crippen LogP contribution is -2.33. The molecular formula is C42H50N10O11. The molecule has 0 radical (unpaired) electrons. The molecule has 3 aliphatic rings. The summed E-state index contributed by atoms with van der Waals surface area (Å²) in [6.07, 6.45) is -0.825. The van der Waals surface area contributed by atoms with Crippen LogP contribution >= 0.6 is 0 Å². The number of hydrogen-bond donors (Lipinski definition) is 6. The van der Waals surface area contributed by atoms with E-state index in [0.29, 0.717) is 39.3 Å². The number of aromatic nitrogens is 8. The third kappa shape index (κ3) is 9.86. The molecule has 6 aromatic rings. The van der Waals surface area contributed by atoms with Crippen molar-refractivity contribution in [1.82, 2.24) is 39.0 Å². The second-order valence-electron chi connectivity index (χ2n) is 16.1. The van der Waals surface area contributed by atoms with Crippen LogP contribution in [0.2, 0.25) is 0 Å². The molecule has 4 aromatic heterocycles. The number of anilines is 2. The van der Waals surface area contributed by atoms with Crippen molar-refractivity contribution in [2.24, 2.45) is 0 Å². The summed E-state index contributed by atoms with van der Waals surface area (Å²) in [4.78, 5) is 50.2. The third-order valence-electron chi connectivity index (χ3n) is 10.2. The summed E-state index contributed by atoms with van der Waals surface area (Å²) in [6.45, 7) is 9.07. The Morgan fingerprint density at radius 3 is 1.57 bits per heavy atom. The fraction of sp³-hybridized carbons (Fsp3) is 0.429. The van der Waals surface area contributed by atoms with Gasteiger partial charge in [-0.3, -0.25) is 18.7 Å². The molecule has 63 heavy (non-hydrogen) atoms. The van der Waals surface area contributed by atoms with Crippen LogP contribution in [0.15, 0.2) is 86.0 Å². The fourth-order valence-electron chi connectivity index (χ4n) is 6.94. The van der Waals surface area contributed by atoms with E-state index < -0.39 is 61.5 Å². The molecule has 21 heteroatoms. The summed E-state index contributed by atoms with van der Waals surface area (Å²) in [5, 5.41) is 44.6. The normalized spacial score (nSPS) is 24.9. The Bertz CT molecular complexity index is 2500. The first-order valence-corrected chi connectivity index (χ1v) is 20.0. The molecule has 2 unspecified atom stereocenters. The highest BCUT2D eigenvalue weighted by atomic mass is 16.8. The number of ether oxygens (including phenoxy) is 5. The standard InChI is InChI=1S/C20H21N5O5.C17H17N5O5.C5H12O/c1-20(2)29-14-12(8-26)28-19(15(14)30-20)25-10-23-13-16(21-9-22-17(13)25)24-18(27)11-6-4-3-5-7-11;23-6-10-12(24)13(25)17(27-10)22-8-20-11-14(18-7-19-15(11)22)21-16(26)9-4-2-1-3-5-9;1-5(2,3)6-4/h3-7,9-10,12,14-15,19,26H,8H2,1-2H3,(H,21,22,24,27);1-5,7-8,10,12-13,17,23-25H,6H2,(H,18,19,21,26);1-4H3/t12-,14?,15+,19-;10-,12?,13+,17-;/m11./s1. The maximum atomic E-state index is 12.5. The fourth-order valence-corrected chi connectivity index (χ4v) is 6.94. The molecule has 2 aromatic carbocycles. The number of fused-ring (bicyclic) bond motifs is 3. The van der Waals surface area contributed by atoms with Crippen LogP contribution in [0, 0.1) is 0 Å². The van der Waals surface area contributed by atoms with Gasteiger partial charge in [0.25, 0.3) is 11.8 Å². The molecule has 21 nitrogen and oxygen atoms in total. The minimum absolute atomic E-state index is 0.0417. The minimum Gasteiger partial charge on any atom is -0.394 e. The van der Waals surface area contributed by atoms with Crippen LogP contribution in [-0.2, 0) is 23.7 Å². The van der Waals surface area contributed by atoms with Crippen LogP contribution in [0.5, 0.6) is 0 Å². The first-order valence-electron chi connectivity index (χ1n) is 20.0. The van der Waals surface area contributed by atoms with Gasteiger partial charge in [0.15, 0.2) is 52.2 Å². The number of carbonyl (C=O) groups is 2. The van der Waals surface area contributed by atoms with Gasteiger partial charge < -0.3 is 54.7 Å². The Morgan fingerprint density at radius 1 is 0.683 bits per heavy atom. The predicted molar refractivity (Wildman–Crippen MR) is 224 cm³/mol. The van der Waals surface area contributed by atoms with Gasteiger partial charge in [-0.1, -0.05) is 36.4 Å². The highest BCUT2D eigenvalue weighted by Crippen LogP contribution is 2.44. The Balaban J connectivity index is 0.000000168. The van der Waals surface area contributed by atoms with Crippen molar-refractivity contribution in [2.75, 3.05) is 31.0 Å². The number of methoxy groups -OCH3 is 1. The number of benzene rings is 2. The van der Waals surface area contributed by atoms with Crippen molar-refractivity contribution >= 4 is 45.8 Å². The lowest BCUT2D eigenvalue weighted by atomic mass is 10.1. The van der Waals surface area contributed by atoms with E-state index in [-0.39, 0.29) is 29.8 Å². The quantitative estimate of drug-likeness (QED) is 0.128. The second kappa shape index (κ2) is 18.8. The first kappa shape index (κ1) is 45.2. The molecular weight excluding hydrogens is 821 g/mol. The second-order valence-corrected chi connectivity index (χ2v) is 16.1. The van der Waals surface area contributed by atoms with E-state index in [2.05, 4.69) is 40.5 Å². The molecule has 8 atom stereocenters. The van der Waals surface area contributed by atoms with Gasteiger partial charge in [-0.2, -0.15) is 0 Å². The maximum Gasteiger partial charge on any atom is 0.256 e. The molecule has 6 N–H and O–H groups in total. The summed E-state index contributed by atoms with van der Waals surface area (Å²) < 4.78 is 31.5. The van der Waals surface area contributed by atoms with Gasteiger partial charge in [-0.05, 0) is 58.9 Å². The van der Waals surface area contributed by atoms with Crippen molar-refractivity contribution in [3.63, 3.8) is 0 Å². The van der Waals surface area contributed by atoms with Gasteiger partial charge in [0.2, 0.25) is 0 Å². The zero-order valence-corrected chi connectivity index (χ0v) is 35.3. The molecule has 3 saturated heterocycles. The van der Waals surface area contributed by atoms with E-state index in [1.54, 1.807) is 66.5 Å². The van der Waals surface area contributed by atoms with Gasteiger partial charge >= 0.3 is 0 Å². The molecule has 334 valence electrons. The van der Waals surface area contributed by atoms with Crippen LogP contribution in [0.4, 0.5) is 11.6 Å². The first-order chi connectivity index (χ1) is 30.1. The van der Waals surface area contributed by atoms with Crippen LogP contribution in [-0.4, -0.2) is 140 Å². The van der Waals surface area contributed by atoms with E-state index in [1.165, 1.54) is 23.5 Å². The Morgan fingerprint density at radius 2 is 1.13 bits per heavy atom. The molecule has 2 amide bonds. The molecule has 9 rings (SSSR count). The highest BCUT2D eigenvalue weighted by Gasteiger charge is 2.56. The van der Waals surface area contributed by atoms with Gasteiger partial charge in [0, 0.05) is 18.2 Å². The average molecular weight is 871 g/mol. The minimum atomic E-state index is -1.27. The molecule has 3 fully saturated rings. The Kier molecular flexibility index (Phi) is 13.5. The zero-order chi connectivity index (χ0) is 45.1. The van der Waals surface area contributed by atoms with Gasteiger partial charge in [-0.15, -0.1) is 0 Å². The van der Waals surface area contributed by atoms with Crippen LogP contribution < -0.4 is 10.6 Å². The maximum absolute atomic E-state index is 12.5. The summed E-state index contributed by atoms with van der Waals surface area (Å²) in [5.74, 6) is -0.926. The van der Waals surface area contributed by atoms with Gasteiger partial charge in [0.1, 0.15) is 49.3 Å². The zero-order valence-electron chi connectivity index (χ0n) is 35.3. The van der Waals surface area contributed by atoms with E-state index >= 15 is 0 Å². The van der Waals surface area contributed by atoms with Crippen molar-refractivity contribution in [3.8, 4) is 0 Å². The van der Waals surface area contributed by atoms with Crippen molar-refractivity contribution in [2.45, 2.75) is 95.1 Å². The number of hydrogen-bond acceptors (Lipinski definition) is 17. The monoisotopic (exact) mass is 870 g/mol. The van der Waals surface area contributed by atoms with Crippen molar-refractivity contribution in [1.29, 1.82) is 0 Å². The van der Waals surface area contributed by atoms with Crippen LogP contribution in [0.25, 0.3) is 22.3 Å². The van der Waals surface area contributed by atoms with E-state index in [0.717, 1.165) is 0 Å². The lowest BCUT2D eigenvalue weighted by molar-refractivity contribution is -0.199. The molecule has 7 heterocycles. The predicted octanol–water partition coefficient (Wildman–Crippen LogP) is 2.61. The number of aliphatic hydroxyl groups excluding tert-OH is 4. The number of nitrogens with one attached hydrogen (secondary N) is 2. The van der Waals surface area contributed by atoms with E-state index in [9.17, 15) is 30.0 Å².